The Bertz CT molecular complexity index is 603. The van der Waals surface area contributed by atoms with Crippen molar-refractivity contribution in [1.82, 2.24) is 20.5 Å². The van der Waals surface area contributed by atoms with Crippen molar-refractivity contribution in [3.8, 4) is 0 Å². The molecule has 1 aromatic heterocycles. The van der Waals surface area contributed by atoms with Crippen molar-refractivity contribution < 1.29 is 9.53 Å². The highest BCUT2D eigenvalue weighted by Gasteiger charge is 2.21. The molecule has 0 unspecified atom stereocenters. The van der Waals surface area contributed by atoms with Crippen molar-refractivity contribution in [1.29, 1.82) is 0 Å². The van der Waals surface area contributed by atoms with Gasteiger partial charge in [0, 0.05) is 44.5 Å². The minimum absolute atomic E-state index is 0.274. The number of nitrogens with one attached hydrogen (secondary N) is 2. The molecule has 1 heterocycles. The van der Waals surface area contributed by atoms with Crippen LogP contribution in [0.25, 0.3) is 0 Å². The van der Waals surface area contributed by atoms with Gasteiger partial charge in [0.25, 0.3) is 0 Å². The standard InChI is InChI=1S/C19H35N5O2S/c1-8-12-24(18(25)26-19(4,5)6)13-11-22-17(20-7)21-10-9-16-23-14(2)15(3)27-16/h8-13H2,1-7H3,(H2,20,21,22). The van der Waals surface area contributed by atoms with E-state index in [9.17, 15) is 4.79 Å². The molecule has 0 aromatic carbocycles. The molecule has 8 heteroatoms. The fraction of sp³-hybridized carbons (Fsp3) is 0.737. The fourth-order valence-corrected chi connectivity index (χ4v) is 3.29. The number of amides is 1. The van der Waals surface area contributed by atoms with E-state index < -0.39 is 5.60 Å². The average molecular weight is 398 g/mol. The Hall–Kier alpha value is -1.83. The van der Waals surface area contributed by atoms with Gasteiger partial charge in [-0.2, -0.15) is 0 Å². The summed E-state index contributed by atoms with van der Waals surface area (Å²) in [4.78, 5) is 24.1. The third-order valence-corrected chi connectivity index (χ3v) is 4.88. The van der Waals surface area contributed by atoms with E-state index in [0.717, 1.165) is 36.0 Å². The number of aryl methyl sites for hydroxylation is 2. The lowest BCUT2D eigenvalue weighted by atomic mass is 10.2. The highest BCUT2D eigenvalue weighted by Crippen LogP contribution is 2.16. The number of ether oxygens (including phenoxy) is 1. The number of thiazole rings is 1. The molecule has 0 fully saturated rings. The van der Waals surface area contributed by atoms with Crippen molar-refractivity contribution in [3.05, 3.63) is 15.6 Å². The number of aromatic nitrogens is 1. The van der Waals surface area contributed by atoms with E-state index in [1.54, 1.807) is 23.3 Å². The molecule has 1 amide bonds. The molecular weight excluding hydrogens is 362 g/mol. The molecule has 27 heavy (non-hydrogen) atoms. The van der Waals surface area contributed by atoms with Gasteiger partial charge in [0.15, 0.2) is 5.96 Å². The first-order valence-corrected chi connectivity index (χ1v) is 10.3. The fourth-order valence-electron chi connectivity index (χ4n) is 2.35. The van der Waals surface area contributed by atoms with Crippen molar-refractivity contribution in [2.45, 2.75) is 60.0 Å². The average Bonchev–Trinajstić information content (AvgIpc) is 2.88. The van der Waals surface area contributed by atoms with Gasteiger partial charge < -0.3 is 20.3 Å². The van der Waals surface area contributed by atoms with Crippen molar-refractivity contribution in [3.63, 3.8) is 0 Å². The normalized spacial score (nSPS) is 12.0. The summed E-state index contributed by atoms with van der Waals surface area (Å²) in [6, 6.07) is 0. The van der Waals surface area contributed by atoms with Crippen molar-refractivity contribution >= 4 is 23.4 Å². The number of guanidine groups is 1. The molecule has 0 aliphatic heterocycles. The summed E-state index contributed by atoms with van der Waals surface area (Å²) in [7, 11) is 1.74. The van der Waals surface area contributed by atoms with Gasteiger partial charge in [-0.1, -0.05) is 6.92 Å². The van der Waals surface area contributed by atoms with Crippen LogP contribution in [0.1, 0.15) is 49.7 Å². The van der Waals surface area contributed by atoms with Crippen LogP contribution in [-0.4, -0.2) is 60.8 Å². The van der Waals surface area contributed by atoms with E-state index >= 15 is 0 Å². The molecule has 0 saturated heterocycles. The van der Waals surface area contributed by atoms with Gasteiger partial charge in [-0.25, -0.2) is 9.78 Å². The summed E-state index contributed by atoms with van der Waals surface area (Å²) in [5.74, 6) is 0.723. The maximum absolute atomic E-state index is 12.3. The maximum atomic E-state index is 12.3. The zero-order valence-corrected chi connectivity index (χ0v) is 18.6. The molecule has 0 bridgehead atoms. The van der Waals surface area contributed by atoms with Gasteiger partial charge in [0.05, 0.1) is 10.7 Å². The van der Waals surface area contributed by atoms with Crippen LogP contribution in [0.5, 0.6) is 0 Å². The third-order valence-electron chi connectivity index (χ3n) is 3.75. The van der Waals surface area contributed by atoms with Crippen LogP contribution in [-0.2, 0) is 11.2 Å². The van der Waals surface area contributed by atoms with Gasteiger partial charge in [-0.05, 0) is 41.0 Å². The highest BCUT2D eigenvalue weighted by atomic mass is 32.1. The summed E-state index contributed by atoms with van der Waals surface area (Å²) in [6.45, 7) is 14.4. The van der Waals surface area contributed by atoms with Gasteiger partial charge in [0.2, 0.25) is 0 Å². The van der Waals surface area contributed by atoms with Crippen molar-refractivity contribution in [2.75, 3.05) is 33.2 Å². The molecule has 0 aliphatic rings. The maximum Gasteiger partial charge on any atom is 0.410 e. The Kier molecular flexibility index (Phi) is 9.55. The van der Waals surface area contributed by atoms with Crippen LogP contribution >= 0.6 is 11.3 Å². The Morgan fingerprint density at radius 2 is 1.89 bits per heavy atom. The first-order chi connectivity index (χ1) is 12.7. The highest BCUT2D eigenvalue weighted by molar-refractivity contribution is 7.11. The molecule has 0 atom stereocenters. The van der Waals surface area contributed by atoms with E-state index in [-0.39, 0.29) is 6.09 Å². The number of rotatable bonds is 8. The number of carbonyl (C=O) groups is 1. The molecule has 0 spiro atoms. The molecule has 0 radical (unpaired) electrons. The largest absolute Gasteiger partial charge is 0.444 e. The predicted octanol–water partition coefficient (Wildman–Crippen LogP) is 3.11. The van der Waals surface area contributed by atoms with Gasteiger partial charge in [0.1, 0.15) is 5.60 Å². The van der Waals surface area contributed by atoms with Gasteiger partial charge >= 0.3 is 6.09 Å². The second-order valence-corrected chi connectivity index (χ2v) is 8.68. The number of carbonyl (C=O) groups excluding carboxylic acids is 1. The molecule has 0 saturated carbocycles. The topological polar surface area (TPSA) is 78.9 Å². The van der Waals surface area contributed by atoms with Crippen LogP contribution in [0, 0.1) is 13.8 Å². The monoisotopic (exact) mass is 397 g/mol. The SMILES string of the molecule is CCCN(CCNC(=NC)NCCc1nc(C)c(C)s1)C(=O)OC(C)(C)C. The molecule has 1 aromatic rings. The van der Waals surface area contributed by atoms with E-state index in [2.05, 4.69) is 27.5 Å². The van der Waals surface area contributed by atoms with Crippen LogP contribution in [0.4, 0.5) is 4.79 Å². The quantitative estimate of drug-likeness (QED) is 0.520. The number of hydrogen-bond acceptors (Lipinski definition) is 5. The molecule has 7 nitrogen and oxygen atoms in total. The predicted molar refractivity (Wildman–Crippen MR) is 113 cm³/mol. The van der Waals surface area contributed by atoms with E-state index in [0.29, 0.717) is 19.6 Å². The lowest BCUT2D eigenvalue weighted by Crippen LogP contribution is -2.45. The first kappa shape index (κ1) is 23.2. The second kappa shape index (κ2) is 11.1. The summed E-state index contributed by atoms with van der Waals surface area (Å²) >= 11 is 1.74. The van der Waals surface area contributed by atoms with Gasteiger partial charge in [-0.3, -0.25) is 4.99 Å². The molecular formula is C19H35N5O2S. The minimum atomic E-state index is -0.485. The zero-order chi connectivity index (χ0) is 20.4. The molecule has 154 valence electrons. The van der Waals surface area contributed by atoms with Crippen molar-refractivity contribution in [2.24, 2.45) is 4.99 Å². The first-order valence-electron chi connectivity index (χ1n) is 9.51. The Morgan fingerprint density at radius 3 is 2.41 bits per heavy atom. The van der Waals surface area contributed by atoms with Crippen LogP contribution in [0.15, 0.2) is 4.99 Å². The third kappa shape index (κ3) is 9.08. The Labute approximate surface area is 167 Å². The van der Waals surface area contributed by atoms with E-state index in [1.165, 1.54) is 4.88 Å². The van der Waals surface area contributed by atoms with Gasteiger partial charge in [-0.15, -0.1) is 11.3 Å². The Morgan fingerprint density at radius 1 is 1.22 bits per heavy atom. The molecule has 2 N–H and O–H groups in total. The minimum Gasteiger partial charge on any atom is -0.444 e. The van der Waals surface area contributed by atoms with Crippen LogP contribution < -0.4 is 10.6 Å². The van der Waals surface area contributed by atoms with E-state index in [1.807, 2.05) is 34.6 Å². The summed E-state index contributed by atoms with van der Waals surface area (Å²) in [6.07, 6.45) is 1.47. The zero-order valence-electron chi connectivity index (χ0n) is 17.8. The smallest absolute Gasteiger partial charge is 0.410 e. The number of hydrogen-bond donors (Lipinski definition) is 2. The Balaban J connectivity index is 2.40. The second-order valence-electron chi connectivity index (χ2n) is 7.39. The summed E-state index contributed by atoms with van der Waals surface area (Å²) < 4.78 is 5.47. The summed E-state index contributed by atoms with van der Waals surface area (Å²) in [5, 5.41) is 7.67. The lowest BCUT2D eigenvalue weighted by molar-refractivity contribution is 0.0253. The van der Waals surface area contributed by atoms with Crippen LogP contribution in [0.3, 0.4) is 0 Å². The van der Waals surface area contributed by atoms with Crippen LogP contribution in [0.2, 0.25) is 0 Å². The van der Waals surface area contributed by atoms with E-state index in [4.69, 9.17) is 4.74 Å². The number of aliphatic imine (C=N–C) groups is 1. The summed E-state index contributed by atoms with van der Waals surface area (Å²) in [5.41, 5.74) is 0.622. The molecule has 1 rings (SSSR count). The number of nitrogens with zero attached hydrogens (tertiary/aromatic N) is 3. The molecule has 0 aliphatic carbocycles. The lowest BCUT2D eigenvalue weighted by Gasteiger charge is -2.27.